The van der Waals surface area contributed by atoms with Gasteiger partial charge in [0.05, 0.1) is 24.4 Å². The third-order valence-electron chi connectivity index (χ3n) is 9.22. The van der Waals surface area contributed by atoms with Crippen molar-refractivity contribution in [1.82, 2.24) is 10.0 Å². The molecule has 0 unspecified atom stereocenters. The molecule has 0 aromatic heterocycles. The van der Waals surface area contributed by atoms with E-state index < -0.39 is 5.91 Å². The van der Waals surface area contributed by atoms with Gasteiger partial charge in [0.1, 0.15) is 5.75 Å². The van der Waals surface area contributed by atoms with E-state index in [1.807, 2.05) is 25.2 Å². The molecule has 1 atom stereocenters. The van der Waals surface area contributed by atoms with E-state index in [2.05, 4.69) is 46.1 Å². The SMILES string of the molecule is CN1CCc2ccc(Cl)cc2CCCCOc2ccc(C(N)=O)cc21.CO.COCC1(NC(=O)NSC[C@@H](C)C/C=C/CC2CCC2)CC1. The van der Waals surface area contributed by atoms with Gasteiger partial charge in [0.15, 0.2) is 0 Å². The van der Waals surface area contributed by atoms with Crippen LogP contribution in [0.15, 0.2) is 48.6 Å². The highest BCUT2D eigenvalue weighted by atomic mass is 35.5. The summed E-state index contributed by atoms with van der Waals surface area (Å²) >= 11 is 7.67. The van der Waals surface area contributed by atoms with Crippen molar-refractivity contribution in [3.63, 3.8) is 0 Å². The molecule has 5 rings (SSSR count). The van der Waals surface area contributed by atoms with Gasteiger partial charge >= 0.3 is 6.03 Å². The number of hydrogen-bond donors (Lipinski definition) is 4. The number of allylic oxidation sites excluding steroid dienone is 2. The predicted molar refractivity (Wildman–Crippen MR) is 203 cm³/mol. The Kier molecular flexibility index (Phi) is 17.6. The zero-order chi connectivity index (χ0) is 35.6. The van der Waals surface area contributed by atoms with Gasteiger partial charge in [-0.15, -0.1) is 0 Å². The van der Waals surface area contributed by atoms with E-state index in [0.717, 1.165) is 86.7 Å². The van der Waals surface area contributed by atoms with Crippen LogP contribution in [0.3, 0.4) is 0 Å². The van der Waals surface area contributed by atoms with Crippen LogP contribution in [-0.4, -0.2) is 69.4 Å². The summed E-state index contributed by atoms with van der Waals surface area (Å²) in [5.41, 5.74) is 9.36. The molecule has 0 radical (unpaired) electrons. The number of likely N-dealkylation sites (N-methyl/N-ethyl adjacent to an activating group) is 1. The number of hydrogen-bond acceptors (Lipinski definition) is 7. The number of aliphatic hydroxyl groups excluding tert-OH is 1. The molecule has 0 spiro atoms. The Morgan fingerprint density at radius 1 is 1.12 bits per heavy atom. The number of carbonyl (C=O) groups is 2. The first-order valence-corrected chi connectivity index (χ1v) is 18.9. The van der Waals surface area contributed by atoms with Crippen molar-refractivity contribution in [2.75, 3.05) is 51.7 Å². The topological polar surface area (TPSA) is 126 Å². The number of nitrogens with one attached hydrogen (secondary N) is 2. The van der Waals surface area contributed by atoms with Gasteiger partial charge in [0.2, 0.25) is 5.91 Å². The molecular formula is C38H57ClN4O5S. The molecule has 272 valence electrons. The molecule has 2 aromatic rings. The predicted octanol–water partition coefficient (Wildman–Crippen LogP) is 7.33. The van der Waals surface area contributed by atoms with Gasteiger partial charge < -0.3 is 30.5 Å². The highest BCUT2D eigenvalue weighted by Crippen LogP contribution is 2.35. The third-order valence-corrected chi connectivity index (χ3v) is 10.5. The summed E-state index contributed by atoms with van der Waals surface area (Å²) in [4.78, 5) is 25.4. The van der Waals surface area contributed by atoms with Crippen molar-refractivity contribution in [3.05, 3.63) is 70.3 Å². The van der Waals surface area contributed by atoms with E-state index in [1.54, 1.807) is 13.2 Å². The zero-order valence-corrected chi connectivity index (χ0v) is 31.3. The second-order valence-corrected chi connectivity index (χ2v) is 14.6. The number of benzene rings is 2. The molecule has 2 saturated carbocycles. The molecule has 1 aliphatic heterocycles. The number of aryl methyl sites for hydroxylation is 1. The lowest BCUT2D eigenvalue weighted by molar-refractivity contribution is 0.1000. The Labute approximate surface area is 302 Å². The fourth-order valence-electron chi connectivity index (χ4n) is 5.83. The van der Waals surface area contributed by atoms with Gasteiger partial charge in [-0.05, 0) is 117 Å². The number of rotatable bonds is 11. The Bertz CT molecular complexity index is 1350. The van der Waals surface area contributed by atoms with E-state index in [0.29, 0.717) is 24.7 Å². The maximum absolute atomic E-state index is 11.8. The number of anilines is 1. The number of aliphatic hydroxyl groups is 1. The molecule has 0 saturated heterocycles. The number of nitrogens with two attached hydrogens (primary N) is 1. The maximum Gasteiger partial charge on any atom is 0.325 e. The number of ether oxygens (including phenoxy) is 2. The summed E-state index contributed by atoms with van der Waals surface area (Å²) < 4.78 is 14.0. The Hall–Kier alpha value is -2.92. The molecule has 2 fully saturated rings. The van der Waals surface area contributed by atoms with E-state index in [9.17, 15) is 9.59 Å². The largest absolute Gasteiger partial charge is 0.491 e. The quantitative estimate of drug-likeness (QED) is 0.142. The van der Waals surface area contributed by atoms with Crippen LogP contribution in [-0.2, 0) is 17.6 Å². The second kappa shape index (κ2) is 21.3. The van der Waals surface area contributed by atoms with Crippen molar-refractivity contribution in [3.8, 4) is 5.75 Å². The minimum Gasteiger partial charge on any atom is -0.491 e. The van der Waals surface area contributed by atoms with Crippen LogP contribution in [0.4, 0.5) is 10.5 Å². The number of urea groups is 1. The van der Waals surface area contributed by atoms with Crippen molar-refractivity contribution < 1.29 is 24.2 Å². The molecule has 2 aliphatic carbocycles. The average Bonchev–Trinajstić information content (AvgIpc) is 3.82. The molecule has 3 amide bonds. The summed E-state index contributed by atoms with van der Waals surface area (Å²) in [6.45, 7) is 4.29. The van der Waals surface area contributed by atoms with E-state index in [1.165, 1.54) is 48.8 Å². The smallest absolute Gasteiger partial charge is 0.325 e. The molecule has 2 aromatic carbocycles. The first kappa shape index (κ1) is 40.5. The van der Waals surface area contributed by atoms with E-state index >= 15 is 0 Å². The normalized spacial score (nSPS) is 17.5. The minimum atomic E-state index is -0.428. The summed E-state index contributed by atoms with van der Waals surface area (Å²) in [6, 6.07) is 11.4. The Morgan fingerprint density at radius 2 is 1.90 bits per heavy atom. The van der Waals surface area contributed by atoms with Crippen LogP contribution in [0.5, 0.6) is 5.75 Å². The number of methoxy groups -OCH3 is 1. The lowest BCUT2D eigenvalue weighted by Gasteiger charge is -2.24. The number of nitrogens with zero attached hydrogens (tertiary/aromatic N) is 1. The molecule has 3 aliphatic rings. The van der Waals surface area contributed by atoms with Gasteiger partial charge in [-0.3, -0.25) is 9.52 Å². The average molecular weight is 717 g/mol. The Balaban J connectivity index is 0.000000255. The minimum absolute atomic E-state index is 0.0905. The van der Waals surface area contributed by atoms with Crippen LogP contribution in [0.2, 0.25) is 5.02 Å². The third kappa shape index (κ3) is 14.1. The summed E-state index contributed by atoms with van der Waals surface area (Å²) in [5, 5.41) is 10.8. The molecule has 11 heteroatoms. The molecule has 5 N–H and O–H groups in total. The lowest BCUT2D eigenvalue weighted by atomic mass is 9.83. The van der Waals surface area contributed by atoms with Gasteiger partial charge in [0.25, 0.3) is 0 Å². The Morgan fingerprint density at radius 3 is 2.57 bits per heavy atom. The highest BCUT2D eigenvalue weighted by molar-refractivity contribution is 7.97. The van der Waals surface area contributed by atoms with Crippen LogP contribution >= 0.6 is 23.5 Å². The monoisotopic (exact) mass is 716 g/mol. The first-order valence-electron chi connectivity index (χ1n) is 17.5. The number of carbonyl (C=O) groups excluding carboxylic acids is 2. The van der Waals surface area contributed by atoms with Crippen molar-refractivity contribution >= 4 is 41.2 Å². The number of fused-ring (bicyclic) bond motifs is 2. The van der Waals surface area contributed by atoms with Crippen LogP contribution in [0, 0.1) is 11.8 Å². The van der Waals surface area contributed by atoms with Crippen LogP contribution < -0.4 is 25.4 Å². The van der Waals surface area contributed by atoms with E-state index in [4.69, 9.17) is 31.9 Å². The molecule has 9 nitrogen and oxygen atoms in total. The highest BCUT2D eigenvalue weighted by Gasteiger charge is 2.44. The molecule has 0 bridgehead atoms. The maximum atomic E-state index is 11.8. The number of primary amides is 1. The van der Waals surface area contributed by atoms with Crippen molar-refractivity contribution in [2.24, 2.45) is 17.6 Å². The fraction of sp³-hybridized carbons (Fsp3) is 0.579. The van der Waals surface area contributed by atoms with Crippen molar-refractivity contribution in [2.45, 2.75) is 83.1 Å². The van der Waals surface area contributed by atoms with Gasteiger partial charge in [0, 0.05) is 44.2 Å². The van der Waals surface area contributed by atoms with Gasteiger partial charge in [-0.2, -0.15) is 0 Å². The molecule has 49 heavy (non-hydrogen) atoms. The van der Waals surface area contributed by atoms with Gasteiger partial charge in [-0.25, -0.2) is 4.79 Å². The summed E-state index contributed by atoms with van der Waals surface area (Å²) in [6.07, 6.45) is 17.2. The lowest BCUT2D eigenvalue weighted by Crippen LogP contribution is -2.44. The summed E-state index contributed by atoms with van der Waals surface area (Å²) in [5.74, 6) is 2.84. The van der Waals surface area contributed by atoms with Crippen LogP contribution in [0.25, 0.3) is 0 Å². The number of halogens is 1. The van der Waals surface area contributed by atoms with Crippen LogP contribution in [0.1, 0.15) is 86.2 Å². The van der Waals surface area contributed by atoms with E-state index in [-0.39, 0.29) is 11.6 Å². The first-order chi connectivity index (χ1) is 23.7. The van der Waals surface area contributed by atoms with Gasteiger partial charge in [-0.1, -0.05) is 56.0 Å². The van der Waals surface area contributed by atoms with Crippen molar-refractivity contribution in [1.29, 1.82) is 0 Å². The zero-order valence-electron chi connectivity index (χ0n) is 29.8. The molecular weight excluding hydrogens is 660 g/mol. The fourth-order valence-corrected chi connectivity index (χ4v) is 6.71. The number of amides is 3. The molecule has 1 heterocycles. The second-order valence-electron chi connectivity index (χ2n) is 13.4. The summed E-state index contributed by atoms with van der Waals surface area (Å²) in [7, 11) is 4.68. The standard InChI is InChI=1S/C20H23ClN2O2.C17H30N2O2S.CH4O/c1-23-10-9-14-5-7-17(21)12-15(14)4-2-3-11-25-19-8-6-16(20(22)24)13-18(19)23;1-14(6-3-4-7-15-8-5-9-15)12-22-19-16(20)18-17(10-11-17)13-21-2;1-2/h5-8,12-13H,2-4,9-11H2,1H3,(H2,22,24);3-4,14-15H,5-13H2,1-2H3,(H2,18,19,20);2H,1H3/b;4-3+;/t;14-;/m.0./s1.